The Morgan fingerprint density at radius 2 is 1.66 bits per heavy atom. The Bertz CT molecular complexity index is 1350. The lowest BCUT2D eigenvalue weighted by Gasteiger charge is -2.36. The lowest BCUT2D eigenvalue weighted by atomic mass is 10.2. The number of carbonyl (C=O) groups is 1. The normalized spacial score (nSPS) is 14.4. The van der Waals surface area contributed by atoms with Gasteiger partial charge in [0.2, 0.25) is 11.6 Å². The summed E-state index contributed by atoms with van der Waals surface area (Å²) >= 11 is 0. The molecular weight excluding hydrogens is 411 g/mol. The highest BCUT2D eigenvalue weighted by atomic mass is 19.1. The Labute approximate surface area is 183 Å². The molecule has 0 atom stereocenters. The first-order chi connectivity index (χ1) is 15.6. The van der Waals surface area contributed by atoms with Crippen molar-refractivity contribution in [1.29, 1.82) is 0 Å². The summed E-state index contributed by atoms with van der Waals surface area (Å²) in [6, 6.07) is 13.9. The van der Waals surface area contributed by atoms with Gasteiger partial charge in [-0.15, -0.1) is 10.2 Å². The van der Waals surface area contributed by atoms with E-state index in [1.807, 2.05) is 31.2 Å². The third kappa shape index (κ3) is 3.39. The number of hydrogen-bond acceptors (Lipinski definition) is 5. The zero-order chi connectivity index (χ0) is 22.2. The van der Waals surface area contributed by atoms with Gasteiger partial charge in [-0.25, -0.2) is 4.39 Å². The number of halogens is 1. The first-order valence-corrected chi connectivity index (χ1v) is 10.7. The lowest BCUT2D eigenvalue weighted by Crippen LogP contribution is -2.50. The van der Waals surface area contributed by atoms with Gasteiger partial charge in [0, 0.05) is 38.3 Å². The topological polar surface area (TPSA) is 75.7 Å². The summed E-state index contributed by atoms with van der Waals surface area (Å²) in [5.41, 5.74) is 2.32. The van der Waals surface area contributed by atoms with Crippen LogP contribution in [0.1, 0.15) is 12.7 Å². The van der Waals surface area contributed by atoms with Crippen LogP contribution in [0.15, 0.2) is 53.3 Å². The quantitative estimate of drug-likeness (QED) is 0.492. The van der Waals surface area contributed by atoms with Crippen LogP contribution in [0.2, 0.25) is 0 Å². The molecule has 0 aliphatic carbocycles. The number of carbonyl (C=O) groups excluding carboxylic acids is 1. The highest BCUT2D eigenvalue weighted by Crippen LogP contribution is 2.18. The van der Waals surface area contributed by atoms with Crippen molar-refractivity contribution < 1.29 is 9.18 Å². The van der Waals surface area contributed by atoms with Crippen LogP contribution >= 0.6 is 0 Å². The van der Waals surface area contributed by atoms with E-state index in [2.05, 4.69) is 15.1 Å². The minimum absolute atomic E-state index is 0.0548. The number of rotatable bonds is 4. The predicted octanol–water partition coefficient (Wildman–Crippen LogP) is 2.09. The zero-order valence-corrected chi connectivity index (χ0v) is 17.7. The van der Waals surface area contributed by atoms with Crippen molar-refractivity contribution >= 4 is 28.3 Å². The van der Waals surface area contributed by atoms with E-state index >= 15 is 0 Å². The highest BCUT2D eigenvalue weighted by Gasteiger charge is 2.23. The Morgan fingerprint density at radius 1 is 0.969 bits per heavy atom. The van der Waals surface area contributed by atoms with Gasteiger partial charge in [0.15, 0.2) is 0 Å². The summed E-state index contributed by atoms with van der Waals surface area (Å²) in [7, 11) is 0. The van der Waals surface area contributed by atoms with Gasteiger partial charge in [-0.2, -0.15) is 0 Å². The molecule has 164 valence electrons. The number of para-hydroxylation sites is 2. The zero-order valence-electron chi connectivity index (χ0n) is 17.7. The van der Waals surface area contributed by atoms with E-state index in [9.17, 15) is 14.0 Å². The van der Waals surface area contributed by atoms with Crippen molar-refractivity contribution in [1.82, 2.24) is 24.1 Å². The van der Waals surface area contributed by atoms with Crippen molar-refractivity contribution in [2.24, 2.45) is 0 Å². The van der Waals surface area contributed by atoms with Gasteiger partial charge in [-0.3, -0.25) is 18.6 Å². The van der Waals surface area contributed by atoms with Crippen LogP contribution < -0.4 is 10.5 Å². The average Bonchev–Trinajstić information content (AvgIpc) is 3.27. The van der Waals surface area contributed by atoms with Crippen LogP contribution in [0.4, 0.5) is 10.1 Å². The molecule has 2 aromatic heterocycles. The second kappa shape index (κ2) is 8.07. The molecule has 0 saturated carbocycles. The monoisotopic (exact) mass is 434 g/mol. The molecule has 1 aliphatic rings. The van der Waals surface area contributed by atoms with Gasteiger partial charge < -0.3 is 9.80 Å². The van der Waals surface area contributed by atoms with Crippen LogP contribution in [-0.4, -0.2) is 56.2 Å². The van der Waals surface area contributed by atoms with Crippen LogP contribution in [0.5, 0.6) is 0 Å². The molecule has 2 aromatic carbocycles. The van der Waals surface area contributed by atoms with Crippen LogP contribution in [0, 0.1) is 5.82 Å². The third-order valence-electron chi connectivity index (χ3n) is 6.01. The summed E-state index contributed by atoms with van der Waals surface area (Å²) in [5.74, 6) is 0.329. The Kier molecular flexibility index (Phi) is 5.08. The third-order valence-corrected chi connectivity index (χ3v) is 6.01. The molecule has 1 aliphatic heterocycles. The molecule has 1 saturated heterocycles. The van der Waals surface area contributed by atoms with E-state index in [0.29, 0.717) is 43.9 Å². The number of fused-ring (bicyclic) bond motifs is 3. The first kappa shape index (κ1) is 20.2. The molecule has 0 unspecified atom stereocenters. The van der Waals surface area contributed by atoms with Crippen molar-refractivity contribution in [3.63, 3.8) is 0 Å². The Balaban J connectivity index is 1.40. The van der Waals surface area contributed by atoms with Gasteiger partial charge in [-0.1, -0.05) is 19.1 Å². The maximum atomic E-state index is 13.2. The molecule has 1 fully saturated rings. The van der Waals surface area contributed by atoms with Crippen molar-refractivity contribution in [2.45, 2.75) is 19.9 Å². The molecule has 0 bridgehead atoms. The van der Waals surface area contributed by atoms with Gasteiger partial charge >= 0.3 is 0 Å². The second-order valence-corrected chi connectivity index (χ2v) is 7.85. The number of anilines is 1. The predicted molar refractivity (Wildman–Crippen MR) is 119 cm³/mol. The van der Waals surface area contributed by atoms with Gasteiger partial charge in [0.05, 0.1) is 11.0 Å². The van der Waals surface area contributed by atoms with Crippen LogP contribution in [0.3, 0.4) is 0 Å². The lowest BCUT2D eigenvalue weighted by molar-refractivity contribution is -0.132. The summed E-state index contributed by atoms with van der Waals surface area (Å²) < 4.78 is 16.5. The fraction of sp³-hybridized carbons (Fsp3) is 0.304. The number of benzene rings is 2. The van der Waals surface area contributed by atoms with Gasteiger partial charge in [0.25, 0.3) is 5.56 Å². The van der Waals surface area contributed by atoms with Crippen LogP contribution in [0.25, 0.3) is 16.7 Å². The maximum absolute atomic E-state index is 13.2. The minimum atomic E-state index is -0.325. The highest BCUT2D eigenvalue weighted by molar-refractivity contribution is 5.82. The molecule has 9 heteroatoms. The SMILES string of the molecule is CCc1nnc2c(=O)n(CC(=O)N3CCN(c4ccc(F)cc4)CC3)c3ccccc3n12. The summed E-state index contributed by atoms with van der Waals surface area (Å²) in [5, 5.41) is 8.24. The average molecular weight is 434 g/mol. The second-order valence-electron chi connectivity index (χ2n) is 7.85. The number of aromatic nitrogens is 4. The molecule has 4 aromatic rings. The molecule has 3 heterocycles. The van der Waals surface area contributed by atoms with E-state index in [1.54, 1.807) is 21.4 Å². The van der Waals surface area contributed by atoms with E-state index in [-0.39, 0.29) is 29.5 Å². The van der Waals surface area contributed by atoms with Crippen molar-refractivity contribution in [3.05, 3.63) is 70.5 Å². The van der Waals surface area contributed by atoms with Gasteiger partial charge in [-0.05, 0) is 36.4 Å². The molecule has 5 rings (SSSR count). The maximum Gasteiger partial charge on any atom is 0.297 e. The first-order valence-electron chi connectivity index (χ1n) is 10.7. The summed E-state index contributed by atoms with van der Waals surface area (Å²) in [4.78, 5) is 30.2. The molecule has 0 N–H and O–H groups in total. The molecule has 0 radical (unpaired) electrons. The number of hydrogen-bond donors (Lipinski definition) is 0. The smallest absolute Gasteiger partial charge is 0.297 e. The summed E-state index contributed by atoms with van der Waals surface area (Å²) in [6.45, 7) is 4.28. The fourth-order valence-electron chi connectivity index (χ4n) is 4.31. The van der Waals surface area contributed by atoms with E-state index in [4.69, 9.17) is 0 Å². The summed E-state index contributed by atoms with van der Waals surface area (Å²) in [6.07, 6.45) is 0.645. The van der Waals surface area contributed by atoms with Crippen molar-refractivity contribution in [3.8, 4) is 0 Å². The standard InChI is InChI=1S/C23H23FN6O2/c1-2-20-25-26-22-23(32)29(18-5-3-4-6-19(18)30(20)22)15-21(31)28-13-11-27(12-14-28)17-9-7-16(24)8-10-17/h3-10H,2,11-15H2,1H3. The molecular formula is C23H23FN6O2. The minimum Gasteiger partial charge on any atom is -0.368 e. The fourth-order valence-corrected chi connectivity index (χ4v) is 4.31. The largest absolute Gasteiger partial charge is 0.368 e. The number of aryl methyl sites for hydroxylation is 1. The van der Waals surface area contributed by atoms with E-state index < -0.39 is 0 Å². The van der Waals surface area contributed by atoms with E-state index in [1.165, 1.54) is 16.7 Å². The van der Waals surface area contributed by atoms with Crippen LogP contribution in [-0.2, 0) is 17.8 Å². The van der Waals surface area contributed by atoms with E-state index in [0.717, 1.165) is 11.2 Å². The molecule has 8 nitrogen and oxygen atoms in total. The molecule has 0 spiro atoms. The molecule has 1 amide bonds. The Hall–Kier alpha value is -3.75. The molecule has 32 heavy (non-hydrogen) atoms. The number of amides is 1. The number of nitrogens with zero attached hydrogens (tertiary/aromatic N) is 6. The number of piperazine rings is 1. The Morgan fingerprint density at radius 3 is 2.34 bits per heavy atom. The van der Waals surface area contributed by atoms with Crippen molar-refractivity contribution in [2.75, 3.05) is 31.1 Å². The van der Waals surface area contributed by atoms with Gasteiger partial charge in [0.1, 0.15) is 18.2 Å².